The van der Waals surface area contributed by atoms with E-state index in [9.17, 15) is 4.79 Å². The number of benzene rings is 2. The second-order valence-electron chi connectivity index (χ2n) is 6.50. The van der Waals surface area contributed by atoms with E-state index in [1.54, 1.807) is 25.3 Å². The minimum Gasteiger partial charge on any atom is -0.495 e. The minimum atomic E-state index is -0.0490. The van der Waals surface area contributed by atoms with Crippen molar-refractivity contribution in [3.63, 3.8) is 0 Å². The number of anilines is 1. The van der Waals surface area contributed by atoms with Gasteiger partial charge in [-0.1, -0.05) is 41.4 Å². The summed E-state index contributed by atoms with van der Waals surface area (Å²) in [6.07, 6.45) is 1.88. The van der Waals surface area contributed by atoms with Gasteiger partial charge in [0.25, 0.3) is 0 Å². The molecule has 2 aromatic rings. The van der Waals surface area contributed by atoms with Gasteiger partial charge in [-0.3, -0.25) is 9.69 Å². The van der Waals surface area contributed by atoms with Gasteiger partial charge < -0.3 is 10.1 Å². The number of hydrogen-bond donors (Lipinski definition) is 1. The van der Waals surface area contributed by atoms with Crippen LogP contribution in [-0.4, -0.2) is 31.0 Å². The molecule has 1 amide bonds. The van der Waals surface area contributed by atoms with Gasteiger partial charge in [-0.15, -0.1) is 0 Å². The van der Waals surface area contributed by atoms with Crippen molar-refractivity contribution < 1.29 is 9.53 Å². The zero-order chi connectivity index (χ0) is 18.5. The topological polar surface area (TPSA) is 41.6 Å². The van der Waals surface area contributed by atoms with E-state index in [2.05, 4.69) is 10.2 Å². The summed E-state index contributed by atoms with van der Waals surface area (Å²) in [5.41, 5.74) is 1.78. The van der Waals surface area contributed by atoms with Crippen LogP contribution in [-0.2, 0) is 11.3 Å². The molecular formula is C20H22Cl2N2O2. The zero-order valence-electron chi connectivity index (χ0n) is 14.7. The predicted octanol–water partition coefficient (Wildman–Crippen LogP) is 4.85. The molecule has 0 aromatic heterocycles. The van der Waals surface area contributed by atoms with Crippen LogP contribution in [0.15, 0.2) is 42.5 Å². The normalized spacial score (nSPS) is 17.7. The molecule has 1 N–H and O–H groups in total. The minimum absolute atomic E-state index is 0.0232. The number of hydrogen-bond acceptors (Lipinski definition) is 3. The molecule has 0 spiro atoms. The number of ether oxygens (including phenoxy) is 1. The maximum absolute atomic E-state index is 12.7. The van der Waals surface area contributed by atoms with E-state index >= 15 is 0 Å². The van der Waals surface area contributed by atoms with Crippen molar-refractivity contribution in [3.05, 3.63) is 58.1 Å². The molecule has 0 unspecified atom stereocenters. The Labute approximate surface area is 164 Å². The summed E-state index contributed by atoms with van der Waals surface area (Å²) in [4.78, 5) is 14.9. The molecule has 1 aliphatic rings. The lowest BCUT2D eigenvalue weighted by molar-refractivity contribution is -0.121. The molecule has 6 heteroatoms. The fourth-order valence-corrected chi connectivity index (χ4v) is 3.72. The van der Waals surface area contributed by atoms with E-state index in [1.807, 2.05) is 24.3 Å². The fourth-order valence-electron chi connectivity index (χ4n) is 3.27. The lowest BCUT2D eigenvalue weighted by atomic mass is 9.96. The van der Waals surface area contributed by atoms with Gasteiger partial charge in [-0.2, -0.15) is 0 Å². The van der Waals surface area contributed by atoms with E-state index in [0.29, 0.717) is 16.5 Å². The van der Waals surface area contributed by atoms with Gasteiger partial charge >= 0.3 is 0 Å². The maximum Gasteiger partial charge on any atom is 0.228 e. The number of nitrogens with one attached hydrogen (secondary N) is 1. The molecular weight excluding hydrogens is 371 g/mol. The quantitative estimate of drug-likeness (QED) is 0.790. The van der Waals surface area contributed by atoms with Gasteiger partial charge in [0.1, 0.15) is 5.75 Å². The highest BCUT2D eigenvalue weighted by Gasteiger charge is 2.26. The molecule has 3 rings (SSSR count). The molecule has 26 heavy (non-hydrogen) atoms. The Morgan fingerprint density at radius 1 is 1.23 bits per heavy atom. The highest BCUT2D eigenvalue weighted by Crippen LogP contribution is 2.28. The highest BCUT2D eigenvalue weighted by atomic mass is 35.5. The van der Waals surface area contributed by atoms with Crippen LogP contribution in [0.1, 0.15) is 18.4 Å². The first-order chi connectivity index (χ1) is 12.6. The Morgan fingerprint density at radius 2 is 2.04 bits per heavy atom. The van der Waals surface area contributed by atoms with E-state index in [-0.39, 0.29) is 11.8 Å². The third-order valence-electron chi connectivity index (χ3n) is 4.65. The number of piperidine rings is 1. The van der Waals surface area contributed by atoms with Crippen LogP contribution in [0.2, 0.25) is 10.0 Å². The Bertz CT molecular complexity index is 782. The van der Waals surface area contributed by atoms with Gasteiger partial charge in [0, 0.05) is 23.8 Å². The van der Waals surface area contributed by atoms with Gasteiger partial charge in [0.05, 0.1) is 18.1 Å². The Morgan fingerprint density at radius 3 is 2.77 bits per heavy atom. The van der Waals surface area contributed by atoms with Crippen molar-refractivity contribution >= 4 is 34.8 Å². The molecule has 1 fully saturated rings. The monoisotopic (exact) mass is 392 g/mol. The van der Waals surface area contributed by atoms with Crippen LogP contribution in [0.5, 0.6) is 5.75 Å². The van der Waals surface area contributed by atoms with Crippen LogP contribution in [0.4, 0.5) is 5.69 Å². The van der Waals surface area contributed by atoms with Crippen LogP contribution in [0, 0.1) is 5.92 Å². The molecule has 138 valence electrons. The first kappa shape index (κ1) is 19.0. The average molecular weight is 393 g/mol. The second kappa shape index (κ2) is 8.76. The number of carbonyl (C=O) groups is 1. The van der Waals surface area contributed by atoms with Crippen LogP contribution in [0.25, 0.3) is 0 Å². The predicted molar refractivity (Wildman–Crippen MR) is 106 cm³/mol. The highest BCUT2D eigenvalue weighted by molar-refractivity contribution is 6.32. The molecule has 0 bridgehead atoms. The van der Waals surface area contributed by atoms with Gasteiger partial charge in [-0.05, 0) is 49.2 Å². The summed E-state index contributed by atoms with van der Waals surface area (Å²) in [6, 6.07) is 13.1. The zero-order valence-corrected chi connectivity index (χ0v) is 16.2. The first-order valence-electron chi connectivity index (χ1n) is 8.67. The van der Waals surface area contributed by atoms with E-state index in [1.165, 1.54) is 0 Å². The number of halogens is 2. The molecule has 0 saturated carbocycles. The third-order valence-corrected chi connectivity index (χ3v) is 5.31. The average Bonchev–Trinajstić information content (AvgIpc) is 2.64. The summed E-state index contributed by atoms with van der Waals surface area (Å²) in [5, 5.41) is 4.22. The number of rotatable bonds is 5. The van der Waals surface area contributed by atoms with Crippen LogP contribution >= 0.6 is 23.2 Å². The fraction of sp³-hybridized carbons (Fsp3) is 0.350. The number of amides is 1. The standard InChI is InChI=1S/C20H22Cl2N2O2/c1-26-19-9-8-16(11-18(19)22)23-20(25)15-6-4-10-24(13-15)12-14-5-2-3-7-17(14)21/h2-3,5,7-9,11,15H,4,6,10,12-13H2,1H3,(H,23,25)/t15-/m1/s1. The molecule has 1 aliphatic heterocycles. The molecule has 1 atom stereocenters. The Kier molecular flexibility index (Phi) is 6.41. The number of likely N-dealkylation sites (tertiary alicyclic amines) is 1. The van der Waals surface area contributed by atoms with Crippen molar-refractivity contribution in [1.82, 2.24) is 4.90 Å². The summed E-state index contributed by atoms with van der Waals surface area (Å²) in [5.74, 6) is 0.565. The van der Waals surface area contributed by atoms with Gasteiger partial charge in [0.15, 0.2) is 0 Å². The number of nitrogens with zero attached hydrogens (tertiary/aromatic N) is 1. The van der Waals surface area contributed by atoms with Gasteiger partial charge in [-0.25, -0.2) is 0 Å². The maximum atomic E-state index is 12.7. The molecule has 2 aromatic carbocycles. The van der Waals surface area contributed by atoms with Crippen molar-refractivity contribution in [2.24, 2.45) is 5.92 Å². The number of carbonyl (C=O) groups excluding carboxylic acids is 1. The van der Waals surface area contributed by atoms with Crippen LogP contribution < -0.4 is 10.1 Å². The SMILES string of the molecule is COc1ccc(NC(=O)[C@@H]2CCCN(Cc3ccccc3Cl)C2)cc1Cl. The lowest BCUT2D eigenvalue weighted by Gasteiger charge is -2.32. The largest absolute Gasteiger partial charge is 0.495 e. The van der Waals surface area contributed by atoms with Gasteiger partial charge in [0.2, 0.25) is 5.91 Å². The molecule has 0 aliphatic carbocycles. The molecule has 4 nitrogen and oxygen atoms in total. The number of methoxy groups -OCH3 is 1. The summed E-state index contributed by atoms with van der Waals surface area (Å²) in [6.45, 7) is 2.46. The second-order valence-corrected chi connectivity index (χ2v) is 7.32. The van der Waals surface area contributed by atoms with E-state index in [0.717, 1.165) is 43.1 Å². The molecule has 0 radical (unpaired) electrons. The third kappa shape index (κ3) is 4.70. The van der Waals surface area contributed by atoms with Crippen molar-refractivity contribution in [3.8, 4) is 5.75 Å². The summed E-state index contributed by atoms with van der Waals surface area (Å²) >= 11 is 12.4. The van der Waals surface area contributed by atoms with E-state index < -0.39 is 0 Å². The summed E-state index contributed by atoms with van der Waals surface area (Å²) in [7, 11) is 1.56. The Balaban J connectivity index is 1.61. The van der Waals surface area contributed by atoms with Crippen molar-refractivity contribution in [2.45, 2.75) is 19.4 Å². The van der Waals surface area contributed by atoms with Crippen molar-refractivity contribution in [1.29, 1.82) is 0 Å². The Hall–Kier alpha value is -1.75. The summed E-state index contributed by atoms with van der Waals surface area (Å²) < 4.78 is 5.14. The first-order valence-corrected chi connectivity index (χ1v) is 9.42. The van der Waals surface area contributed by atoms with E-state index in [4.69, 9.17) is 27.9 Å². The molecule has 1 saturated heterocycles. The lowest BCUT2D eigenvalue weighted by Crippen LogP contribution is -2.40. The van der Waals surface area contributed by atoms with Crippen LogP contribution in [0.3, 0.4) is 0 Å². The molecule has 1 heterocycles. The van der Waals surface area contributed by atoms with Crippen molar-refractivity contribution in [2.75, 3.05) is 25.5 Å². The smallest absolute Gasteiger partial charge is 0.228 e.